The van der Waals surface area contributed by atoms with E-state index in [1.54, 1.807) is 4.90 Å². The van der Waals surface area contributed by atoms with Gasteiger partial charge in [-0.05, 0) is 39.2 Å². The van der Waals surface area contributed by atoms with Crippen molar-refractivity contribution in [2.75, 3.05) is 19.8 Å². The topological polar surface area (TPSA) is 58.6 Å². The molecular weight excluding hydrogens is 304 g/mol. The highest BCUT2D eigenvalue weighted by atomic mass is 16.5. The largest absolute Gasteiger partial charge is 0.382 e. The third-order valence-electron chi connectivity index (χ3n) is 4.63. The van der Waals surface area contributed by atoms with Crippen LogP contribution in [0.2, 0.25) is 0 Å². The molecule has 2 amide bonds. The highest BCUT2D eigenvalue weighted by molar-refractivity contribution is 5.94. The van der Waals surface area contributed by atoms with Crippen LogP contribution in [0.15, 0.2) is 24.3 Å². The first-order chi connectivity index (χ1) is 11.5. The number of rotatable bonds is 8. The van der Waals surface area contributed by atoms with Crippen LogP contribution in [0.25, 0.3) is 0 Å². The molecule has 1 aliphatic rings. The number of hydrogen-bond acceptors (Lipinski definition) is 3. The van der Waals surface area contributed by atoms with Crippen molar-refractivity contribution in [3.05, 3.63) is 35.4 Å². The van der Waals surface area contributed by atoms with Crippen LogP contribution in [0.5, 0.6) is 0 Å². The van der Waals surface area contributed by atoms with Crippen LogP contribution >= 0.6 is 0 Å². The van der Waals surface area contributed by atoms with Gasteiger partial charge in [-0.15, -0.1) is 0 Å². The van der Waals surface area contributed by atoms with E-state index in [4.69, 9.17) is 4.74 Å². The van der Waals surface area contributed by atoms with Crippen molar-refractivity contribution in [2.45, 2.75) is 52.1 Å². The summed E-state index contributed by atoms with van der Waals surface area (Å²) in [6.07, 6.45) is 1.77. The molecule has 1 aliphatic heterocycles. The second kappa shape index (κ2) is 8.29. The summed E-state index contributed by atoms with van der Waals surface area (Å²) < 4.78 is 5.28. The van der Waals surface area contributed by atoms with Crippen LogP contribution < -0.4 is 5.32 Å². The zero-order chi connectivity index (χ0) is 17.6. The van der Waals surface area contributed by atoms with Gasteiger partial charge in [-0.3, -0.25) is 9.59 Å². The fourth-order valence-corrected chi connectivity index (χ4v) is 2.98. The van der Waals surface area contributed by atoms with E-state index >= 15 is 0 Å². The lowest BCUT2D eigenvalue weighted by atomic mass is 9.97. The maximum atomic E-state index is 12.7. The SMILES string of the molecule is CCOCCCNC(=O)C1(C)CCC(=O)N1Cc1ccc(C)cc1. The zero-order valence-electron chi connectivity index (χ0n) is 14.9. The van der Waals surface area contributed by atoms with E-state index in [-0.39, 0.29) is 11.8 Å². The van der Waals surface area contributed by atoms with E-state index in [2.05, 4.69) is 5.32 Å². The Hall–Kier alpha value is -1.88. The summed E-state index contributed by atoms with van der Waals surface area (Å²) in [4.78, 5) is 26.7. The van der Waals surface area contributed by atoms with E-state index in [0.717, 1.165) is 12.0 Å². The Morgan fingerprint density at radius 2 is 2.04 bits per heavy atom. The Labute approximate surface area is 144 Å². The summed E-state index contributed by atoms with van der Waals surface area (Å²) in [7, 11) is 0. The minimum absolute atomic E-state index is 0.0440. The molecule has 2 rings (SSSR count). The molecule has 1 atom stereocenters. The number of amides is 2. The highest BCUT2D eigenvalue weighted by Gasteiger charge is 2.46. The lowest BCUT2D eigenvalue weighted by Crippen LogP contribution is -2.54. The molecule has 1 saturated heterocycles. The van der Waals surface area contributed by atoms with Gasteiger partial charge in [0, 0.05) is 32.7 Å². The molecule has 24 heavy (non-hydrogen) atoms. The summed E-state index contributed by atoms with van der Waals surface area (Å²) in [6, 6.07) is 8.09. The normalized spacial score (nSPS) is 20.5. The van der Waals surface area contributed by atoms with Crippen LogP contribution in [0, 0.1) is 6.92 Å². The number of likely N-dealkylation sites (tertiary alicyclic amines) is 1. The Morgan fingerprint density at radius 1 is 1.33 bits per heavy atom. The molecule has 1 aromatic rings. The summed E-state index contributed by atoms with van der Waals surface area (Å²) in [6.45, 7) is 8.22. The molecule has 0 bridgehead atoms. The number of carbonyl (C=O) groups excluding carboxylic acids is 2. The average Bonchev–Trinajstić information content (AvgIpc) is 2.86. The Morgan fingerprint density at radius 3 is 2.71 bits per heavy atom. The van der Waals surface area contributed by atoms with Crippen molar-refractivity contribution < 1.29 is 14.3 Å². The molecule has 0 aliphatic carbocycles. The molecule has 1 heterocycles. The molecule has 1 fully saturated rings. The predicted molar refractivity (Wildman–Crippen MR) is 93.5 cm³/mol. The van der Waals surface area contributed by atoms with Crippen molar-refractivity contribution >= 4 is 11.8 Å². The van der Waals surface area contributed by atoms with E-state index in [1.807, 2.05) is 45.0 Å². The van der Waals surface area contributed by atoms with Gasteiger partial charge >= 0.3 is 0 Å². The second-order valence-corrected chi connectivity index (χ2v) is 6.55. The van der Waals surface area contributed by atoms with Gasteiger partial charge in [-0.25, -0.2) is 0 Å². The van der Waals surface area contributed by atoms with Gasteiger partial charge in [0.1, 0.15) is 5.54 Å². The van der Waals surface area contributed by atoms with Crippen molar-refractivity contribution in [3.8, 4) is 0 Å². The molecule has 1 aromatic carbocycles. The quantitative estimate of drug-likeness (QED) is 0.744. The van der Waals surface area contributed by atoms with Gasteiger partial charge in [0.25, 0.3) is 0 Å². The maximum Gasteiger partial charge on any atom is 0.245 e. The van der Waals surface area contributed by atoms with E-state index < -0.39 is 5.54 Å². The number of nitrogens with one attached hydrogen (secondary N) is 1. The average molecular weight is 332 g/mol. The fraction of sp³-hybridized carbons (Fsp3) is 0.579. The first-order valence-corrected chi connectivity index (χ1v) is 8.69. The van der Waals surface area contributed by atoms with Crippen LogP contribution in [0.4, 0.5) is 0 Å². The summed E-state index contributed by atoms with van der Waals surface area (Å²) in [5.41, 5.74) is 1.46. The van der Waals surface area contributed by atoms with Crippen LogP contribution in [0.1, 0.15) is 44.2 Å². The zero-order valence-corrected chi connectivity index (χ0v) is 14.9. The lowest BCUT2D eigenvalue weighted by molar-refractivity contribution is -0.141. The van der Waals surface area contributed by atoms with Crippen molar-refractivity contribution in [1.82, 2.24) is 10.2 Å². The molecule has 0 radical (unpaired) electrons. The summed E-state index contributed by atoms with van der Waals surface area (Å²) >= 11 is 0. The number of ether oxygens (including phenoxy) is 1. The van der Waals surface area contributed by atoms with Gasteiger partial charge < -0.3 is 15.0 Å². The number of hydrogen-bond donors (Lipinski definition) is 1. The van der Waals surface area contributed by atoms with Crippen molar-refractivity contribution in [3.63, 3.8) is 0 Å². The monoisotopic (exact) mass is 332 g/mol. The molecular formula is C19H28N2O3. The van der Waals surface area contributed by atoms with Gasteiger partial charge in [0.2, 0.25) is 11.8 Å². The van der Waals surface area contributed by atoms with Crippen LogP contribution in [-0.4, -0.2) is 42.0 Å². The first kappa shape index (κ1) is 18.5. The molecule has 5 nitrogen and oxygen atoms in total. The fourth-order valence-electron chi connectivity index (χ4n) is 2.98. The molecule has 0 spiro atoms. The summed E-state index contributed by atoms with van der Waals surface area (Å²) in [5.74, 6) is -0.0282. The van der Waals surface area contributed by atoms with E-state index in [9.17, 15) is 9.59 Å². The molecule has 5 heteroatoms. The van der Waals surface area contributed by atoms with E-state index in [0.29, 0.717) is 39.1 Å². The molecule has 1 unspecified atom stereocenters. The smallest absolute Gasteiger partial charge is 0.245 e. The van der Waals surface area contributed by atoms with Gasteiger partial charge in [-0.1, -0.05) is 29.8 Å². The standard InChI is InChI=1S/C19H28N2O3/c1-4-24-13-5-12-20-18(23)19(3)11-10-17(22)21(19)14-16-8-6-15(2)7-9-16/h6-9H,4-5,10-14H2,1-3H3,(H,20,23). The predicted octanol–water partition coefficient (Wildman–Crippen LogP) is 2.42. The molecule has 0 aromatic heterocycles. The van der Waals surface area contributed by atoms with Gasteiger partial charge in [-0.2, -0.15) is 0 Å². The first-order valence-electron chi connectivity index (χ1n) is 8.69. The lowest BCUT2D eigenvalue weighted by Gasteiger charge is -2.34. The van der Waals surface area contributed by atoms with Crippen LogP contribution in [0.3, 0.4) is 0 Å². The second-order valence-electron chi connectivity index (χ2n) is 6.55. The minimum Gasteiger partial charge on any atom is -0.382 e. The maximum absolute atomic E-state index is 12.7. The van der Waals surface area contributed by atoms with Gasteiger partial charge in [0.05, 0.1) is 0 Å². The molecule has 132 valence electrons. The van der Waals surface area contributed by atoms with Gasteiger partial charge in [0.15, 0.2) is 0 Å². The Balaban J connectivity index is 1.98. The highest BCUT2D eigenvalue weighted by Crippen LogP contribution is 2.32. The number of carbonyl (C=O) groups is 2. The third kappa shape index (κ3) is 4.35. The summed E-state index contributed by atoms with van der Waals surface area (Å²) in [5, 5.41) is 2.96. The van der Waals surface area contributed by atoms with E-state index in [1.165, 1.54) is 5.56 Å². The van der Waals surface area contributed by atoms with Crippen molar-refractivity contribution in [1.29, 1.82) is 0 Å². The Kier molecular flexibility index (Phi) is 6.37. The number of benzene rings is 1. The molecule has 1 N–H and O–H groups in total. The number of aryl methyl sites for hydroxylation is 1. The Bertz CT molecular complexity index is 570. The third-order valence-corrected chi connectivity index (χ3v) is 4.63. The molecule has 0 saturated carbocycles. The van der Waals surface area contributed by atoms with Crippen molar-refractivity contribution in [2.24, 2.45) is 0 Å². The number of nitrogens with zero attached hydrogens (tertiary/aromatic N) is 1. The van der Waals surface area contributed by atoms with Crippen LogP contribution in [-0.2, 0) is 20.9 Å². The minimum atomic E-state index is -0.770.